The summed E-state index contributed by atoms with van der Waals surface area (Å²) in [6.07, 6.45) is 2.30. The molecule has 0 aliphatic carbocycles. The molecule has 4 nitrogen and oxygen atoms in total. The average molecular weight is 290 g/mol. The Morgan fingerprint density at radius 1 is 1.33 bits per heavy atom. The molecule has 0 saturated carbocycles. The molecule has 1 saturated heterocycles. The third-order valence-corrected chi connectivity index (χ3v) is 4.26. The number of hydrogen-bond acceptors (Lipinski definition) is 2. The van der Waals surface area contributed by atoms with Crippen LogP contribution in [0.3, 0.4) is 0 Å². The highest BCUT2D eigenvalue weighted by Crippen LogP contribution is 2.25. The summed E-state index contributed by atoms with van der Waals surface area (Å²) < 4.78 is 5.78. The summed E-state index contributed by atoms with van der Waals surface area (Å²) in [4.78, 5) is 14.0. The molecule has 0 radical (unpaired) electrons. The van der Waals surface area contributed by atoms with Crippen LogP contribution in [0.1, 0.15) is 36.5 Å². The summed E-state index contributed by atoms with van der Waals surface area (Å²) in [7, 11) is 0. The number of carbonyl (C=O) groups excluding carboxylic acids is 1. The molecule has 1 unspecified atom stereocenters. The first-order chi connectivity index (χ1) is 9.99. The number of nitrogens with zero attached hydrogens (tertiary/aromatic N) is 1. The van der Waals surface area contributed by atoms with Crippen LogP contribution < -0.4 is 10.1 Å². The molecule has 1 N–H and O–H groups in total. The van der Waals surface area contributed by atoms with Crippen molar-refractivity contribution in [1.82, 2.24) is 10.2 Å². The molecule has 0 aromatic heterocycles. The van der Waals surface area contributed by atoms with Gasteiger partial charge < -0.3 is 15.0 Å². The monoisotopic (exact) mass is 290 g/mol. The van der Waals surface area contributed by atoms with Crippen molar-refractivity contribution in [3.05, 3.63) is 28.8 Å². The maximum absolute atomic E-state index is 12.1. The molecule has 1 aromatic carbocycles. The summed E-state index contributed by atoms with van der Waals surface area (Å²) in [5.41, 5.74) is 3.43. The lowest BCUT2D eigenvalue weighted by Crippen LogP contribution is -2.46. The smallest absolute Gasteiger partial charge is 0.320 e. The van der Waals surface area contributed by atoms with E-state index >= 15 is 0 Å². The minimum atomic E-state index is -0.0236. The zero-order chi connectivity index (χ0) is 15.4. The van der Waals surface area contributed by atoms with Crippen molar-refractivity contribution in [3.63, 3.8) is 0 Å². The number of rotatable bonds is 3. The predicted octanol–water partition coefficient (Wildman–Crippen LogP) is 3.39. The Bertz CT molecular complexity index is 514. The predicted molar refractivity (Wildman–Crippen MR) is 84.7 cm³/mol. The van der Waals surface area contributed by atoms with E-state index in [1.54, 1.807) is 0 Å². The van der Waals surface area contributed by atoms with Crippen LogP contribution in [0.25, 0.3) is 0 Å². The lowest BCUT2D eigenvalue weighted by Gasteiger charge is -2.30. The molecule has 21 heavy (non-hydrogen) atoms. The highest BCUT2D eigenvalue weighted by atomic mass is 16.5. The number of benzene rings is 1. The third kappa shape index (κ3) is 3.90. The Kier molecular flexibility index (Phi) is 5.10. The van der Waals surface area contributed by atoms with Gasteiger partial charge in [-0.2, -0.15) is 0 Å². The van der Waals surface area contributed by atoms with Crippen molar-refractivity contribution in [2.45, 2.75) is 40.5 Å². The Balaban J connectivity index is 1.87. The highest BCUT2D eigenvalue weighted by molar-refractivity contribution is 5.74. The van der Waals surface area contributed by atoms with E-state index < -0.39 is 0 Å². The molecule has 1 aliphatic rings. The fourth-order valence-corrected chi connectivity index (χ4v) is 2.80. The van der Waals surface area contributed by atoms with Crippen LogP contribution in [-0.4, -0.2) is 30.8 Å². The van der Waals surface area contributed by atoms with E-state index in [9.17, 15) is 4.79 Å². The fourth-order valence-electron chi connectivity index (χ4n) is 2.80. The molecule has 2 rings (SSSR count). The zero-order valence-corrected chi connectivity index (χ0v) is 13.5. The molecule has 1 aliphatic heterocycles. The molecule has 1 heterocycles. The minimum Gasteiger partial charge on any atom is -0.473 e. The molecule has 2 amide bonds. The maximum atomic E-state index is 12.1. The molecule has 0 spiro atoms. The van der Waals surface area contributed by atoms with Crippen LogP contribution in [0.2, 0.25) is 0 Å². The van der Waals surface area contributed by atoms with Crippen LogP contribution in [0.5, 0.6) is 5.75 Å². The van der Waals surface area contributed by atoms with Crippen LogP contribution in [-0.2, 0) is 0 Å². The first-order valence-electron chi connectivity index (χ1n) is 7.71. The molecule has 0 bridgehead atoms. The second kappa shape index (κ2) is 6.83. The van der Waals surface area contributed by atoms with Gasteiger partial charge in [0.05, 0.1) is 0 Å². The minimum absolute atomic E-state index is 0.0236. The number of likely N-dealkylation sites (tertiary alicyclic amines) is 1. The van der Waals surface area contributed by atoms with Gasteiger partial charge in [0.25, 0.3) is 0 Å². The van der Waals surface area contributed by atoms with Crippen molar-refractivity contribution in [3.8, 4) is 5.75 Å². The molecule has 4 heteroatoms. The van der Waals surface area contributed by atoms with E-state index in [2.05, 4.69) is 25.2 Å². The van der Waals surface area contributed by atoms with Crippen molar-refractivity contribution in [1.29, 1.82) is 0 Å². The molecular weight excluding hydrogens is 264 g/mol. The van der Waals surface area contributed by atoms with E-state index in [1.165, 1.54) is 12.0 Å². The normalized spacial score (nSPS) is 18.5. The average Bonchev–Trinajstić information content (AvgIpc) is 2.46. The van der Waals surface area contributed by atoms with E-state index in [1.807, 2.05) is 24.8 Å². The van der Waals surface area contributed by atoms with Crippen LogP contribution >= 0.6 is 0 Å². The maximum Gasteiger partial charge on any atom is 0.320 e. The Hall–Kier alpha value is -1.71. The second-order valence-electron chi connectivity index (χ2n) is 6.12. The number of aryl methyl sites for hydroxylation is 2. The first kappa shape index (κ1) is 15.7. The first-order valence-corrected chi connectivity index (χ1v) is 7.71. The number of urea groups is 1. The number of carbonyl (C=O) groups is 1. The lowest BCUT2D eigenvalue weighted by atomic mass is 10.0. The van der Waals surface area contributed by atoms with Crippen LogP contribution in [0, 0.1) is 26.7 Å². The highest BCUT2D eigenvalue weighted by Gasteiger charge is 2.20. The number of hydrogen-bond donors (Lipinski definition) is 1. The Morgan fingerprint density at radius 3 is 2.76 bits per heavy atom. The van der Waals surface area contributed by atoms with Gasteiger partial charge in [0.1, 0.15) is 5.75 Å². The molecule has 1 fully saturated rings. The van der Waals surface area contributed by atoms with Gasteiger partial charge >= 0.3 is 6.03 Å². The molecule has 1 atom stereocenters. The van der Waals surface area contributed by atoms with Crippen molar-refractivity contribution >= 4 is 6.03 Å². The van der Waals surface area contributed by atoms with Gasteiger partial charge in [-0.05, 0) is 56.2 Å². The van der Waals surface area contributed by atoms with Crippen molar-refractivity contribution < 1.29 is 9.53 Å². The third-order valence-electron chi connectivity index (χ3n) is 4.26. The quantitative estimate of drug-likeness (QED) is 0.867. The largest absolute Gasteiger partial charge is 0.473 e. The van der Waals surface area contributed by atoms with E-state index in [-0.39, 0.29) is 12.8 Å². The van der Waals surface area contributed by atoms with E-state index in [0.29, 0.717) is 5.92 Å². The number of amides is 2. The SMILES string of the molecule is Cc1ccc(C)c(OCNC(=O)N2CCCC(C)C2)c1C. The zero-order valence-electron chi connectivity index (χ0n) is 13.5. The molecular formula is C17H26N2O2. The summed E-state index contributed by atoms with van der Waals surface area (Å²) in [5, 5.41) is 2.86. The summed E-state index contributed by atoms with van der Waals surface area (Å²) in [6, 6.07) is 4.11. The summed E-state index contributed by atoms with van der Waals surface area (Å²) >= 11 is 0. The standard InChI is InChI=1S/C17H26N2O2/c1-12-6-5-9-19(10-12)17(20)18-11-21-16-14(3)8-7-13(2)15(16)4/h7-8,12H,5-6,9-11H2,1-4H3,(H,18,20). The fraction of sp³-hybridized carbons (Fsp3) is 0.588. The van der Waals surface area contributed by atoms with Crippen molar-refractivity contribution in [2.75, 3.05) is 19.8 Å². The van der Waals surface area contributed by atoms with Gasteiger partial charge in [0.15, 0.2) is 6.73 Å². The Labute approximate surface area is 127 Å². The van der Waals surface area contributed by atoms with Crippen molar-refractivity contribution in [2.24, 2.45) is 5.92 Å². The van der Waals surface area contributed by atoms with Crippen LogP contribution in [0.4, 0.5) is 4.79 Å². The van der Waals surface area contributed by atoms with Gasteiger partial charge in [-0.1, -0.05) is 19.1 Å². The number of ether oxygens (including phenoxy) is 1. The van der Waals surface area contributed by atoms with E-state index in [0.717, 1.165) is 36.4 Å². The topological polar surface area (TPSA) is 41.6 Å². The van der Waals surface area contributed by atoms with Gasteiger partial charge in [-0.3, -0.25) is 0 Å². The summed E-state index contributed by atoms with van der Waals surface area (Å²) in [5.74, 6) is 1.47. The summed E-state index contributed by atoms with van der Waals surface area (Å²) in [6.45, 7) is 10.2. The van der Waals surface area contributed by atoms with Gasteiger partial charge in [-0.25, -0.2) is 4.79 Å². The van der Waals surface area contributed by atoms with Gasteiger partial charge in [0, 0.05) is 13.1 Å². The second-order valence-corrected chi connectivity index (χ2v) is 6.12. The number of nitrogens with one attached hydrogen (secondary N) is 1. The van der Waals surface area contributed by atoms with Gasteiger partial charge in [-0.15, -0.1) is 0 Å². The molecule has 1 aromatic rings. The molecule has 116 valence electrons. The van der Waals surface area contributed by atoms with Crippen LogP contribution in [0.15, 0.2) is 12.1 Å². The lowest BCUT2D eigenvalue weighted by molar-refractivity contribution is 0.160. The number of piperidine rings is 1. The Morgan fingerprint density at radius 2 is 2.05 bits per heavy atom. The van der Waals surface area contributed by atoms with Gasteiger partial charge in [0.2, 0.25) is 0 Å². The van der Waals surface area contributed by atoms with E-state index in [4.69, 9.17) is 4.74 Å².